The molecule has 0 aromatic carbocycles. The summed E-state index contributed by atoms with van der Waals surface area (Å²) < 4.78 is 4.82. The van der Waals surface area contributed by atoms with Crippen LogP contribution in [0.1, 0.15) is 20.3 Å². The van der Waals surface area contributed by atoms with Gasteiger partial charge in [-0.2, -0.15) is 0 Å². The van der Waals surface area contributed by atoms with Crippen LogP contribution < -0.4 is 0 Å². The molecule has 37 valence electrons. The second-order valence-corrected chi connectivity index (χ2v) is 1.26. The van der Waals surface area contributed by atoms with E-state index in [1.165, 1.54) is 0 Å². The van der Waals surface area contributed by atoms with Crippen molar-refractivity contribution in [2.45, 2.75) is 20.3 Å². The average Bonchev–Trinajstić information content (AvgIpc) is 1.65. The van der Waals surface area contributed by atoms with Crippen molar-refractivity contribution in [2.24, 2.45) is 0 Å². The summed E-state index contributed by atoms with van der Waals surface area (Å²) in [6.07, 6.45) is 2.12. The molecule has 0 unspecified atom stereocenters. The minimum Gasteiger partial charge on any atom is -0.376 e. The zero-order valence-electron chi connectivity index (χ0n) is 4.62. The monoisotopic (exact) mass is 87.1 g/mol. The van der Waals surface area contributed by atoms with Crippen LogP contribution in [0.2, 0.25) is 0 Å². The Kier molecular flexibility index (Phi) is 3.14. The molecule has 0 bridgehead atoms. The van der Waals surface area contributed by atoms with Crippen LogP contribution in [-0.2, 0) is 4.74 Å². The van der Waals surface area contributed by atoms with E-state index in [-0.39, 0.29) is 0 Å². The van der Waals surface area contributed by atoms with Gasteiger partial charge in [-0.1, -0.05) is 6.92 Å². The largest absolute Gasteiger partial charge is 0.376 e. The maximum Gasteiger partial charge on any atom is 0.0933 e. The van der Waals surface area contributed by atoms with Crippen molar-refractivity contribution in [3.63, 3.8) is 0 Å². The van der Waals surface area contributed by atoms with Gasteiger partial charge < -0.3 is 4.74 Å². The number of ether oxygens (including phenoxy) is 1. The van der Waals surface area contributed by atoms with E-state index in [0.717, 1.165) is 12.5 Å². The van der Waals surface area contributed by atoms with Crippen molar-refractivity contribution in [3.8, 4) is 0 Å². The molecule has 6 heavy (non-hydrogen) atoms. The molecule has 1 heteroatoms. The molecule has 1 nitrogen and oxygen atoms in total. The van der Waals surface area contributed by atoms with Gasteiger partial charge in [0.1, 0.15) is 0 Å². The molecule has 1 radical (unpaired) electrons. The summed E-state index contributed by atoms with van der Waals surface area (Å²) in [6, 6.07) is 0. The van der Waals surface area contributed by atoms with Crippen molar-refractivity contribution >= 4 is 0 Å². The average molecular weight is 87.1 g/mol. The lowest BCUT2D eigenvalue weighted by atomic mass is 10.3. The van der Waals surface area contributed by atoms with Gasteiger partial charge in [0.2, 0.25) is 0 Å². The molecular weight excluding hydrogens is 76.1 g/mol. The van der Waals surface area contributed by atoms with Gasteiger partial charge >= 0.3 is 0 Å². The second kappa shape index (κ2) is 3.16. The first-order valence-electron chi connectivity index (χ1n) is 2.17. The fraction of sp³-hybridized carbons (Fsp3) is 0.800. The quantitative estimate of drug-likeness (QED) is 0.497. The molecule has 0 aliphatic heterocycles. The molecule has 0 saturated heterocycles. The third kappa shape index (κ3) is 2.21. The van der Waals surface area contributed by atoms with E-state index >= 15 is 0 Å². The Morgan fingerprint density at radius 1 is 1.67 bits per heavy atom. The highest BCUT2D eigenvalue weighted by atomic mass is 16.5. The van der Waals surface area contributed by atoms with Crippen LogP contribution in [0.3, 0.4) is 0 Å². The number of rotatable bonds is 2. The summed E-state index contributed by atoms with van der Waals surface area (Å²) in [5.74, 6) is 0. The standard InChI is InChI=1S/C5H11O/c1-4-5(2)6-3/h4H2,1-3H3. The second-order valence-electron chi connectivity index (χ2n) is 1.26. The van der Waals surface area contributed by atoms with Gasteiger partial charge in [0.05, 0.1) is 6.10 Å². The Bertz CT molecular complexity index is 23.1. The summed E-state index contributed by atoms with van der Waals surface area (Å²) in [7, 11) is 1.69. The van der Waals surface area contributed by atoms with Crippen molar-refractivity contribution in [2.75, 3.05) is 7.11 Å². The minimum atomic E-state index is 1.02. The van der Waals surface area contributed by atoms with E-state index in [9.17, 15) is 0 Å². The SMILES string of the molecule is CC[C](C)OC. The van der Waals surface area contributed by atoms with Crippen molar-refractivity contribution < 1.29 is 4.74 Å². The van der Waals surface area contributed by atoms with Crippen LogP contribution >= 0.6 is 0 Å². The van der Waals surface area contributed by atoms with E-state index in [4.69, 9.17) is 4.74 Å². The Morgan fingerprint density at radius 2 is 2.17 bits per heavy atom. The predicted octanol–water partition coefficient (Wildman–Crippen LogP) is 1.59. The van der Waals surface area contributed by atoms with Crippen LogP contribution in [0.25, 0.3) is 0 Å². The molecule has 0 N–H and O–H groups in total. The molecule has 0 amide bonds. The van der Waals surface area contributed by atoms with Crippen molar-refractivity contribution in [1.29, 1.82) is 0 Å². The lowest BCUT2D eigenvalue weighted by Crippen LogP contribution is -1.88. The predicted molar refractivity (Wildman–Crippen MR) is 26.2 cm³/mol. The van der Waals surface area contributed by atoms with E-state index in [2.05, 4.69) is 6.92 Å². The van der Waals surface area contributed by atoms with Crippen molar-refractivity contribution in [1.82, 2.24) is 0 Å². The molecule has 0 aromatic heterocycles. The lowest BCUT2D eigenvalue weighted by Gasteiger charge is -1.99. The van der Waals surface area contributed by atoms with Gasteiger partial charge in [-0.3, -0.25) is 0 Å². The van der Waals surface area contributed by atoms with Gasteiger partial charge in [-0.25, -0.2) is 0 Å². The first-order valence-corrected chi connectivity index (χ1v) is 2.17. The van der Waals surface area contributed by atoms with E-state index in [1.807, 2.05) is 6.92 Å². The highest BCUT2D eigenvalue weighted by Crippen LogP contribution is 2.00. The molecule has 0 fully saturated rings. The van der Waals surface area contributed by atoms with Crippen LogP contribution in [0, 0.1) is 6.10 Å². The summed E-state index contributed by atoms with van der Waals surface area (Å²) >= 11 is 0. The van der Waals surface area contributed by atoms with Gasteiger partial charge in [0.15, 0.2) is 0 Å². The Balaban J connectivity index is 2.75. The lowest BCUT2D eigenvalue weighted by molar-refractivity contribution is 0.208. The summed E-state index contributed by atoms with van der Waals surface area (Å²) in [5, 5.41) is 0. The summed E-state index contributed by atoms with van der Waals surface area (Å²) in [6.45, 7) is 4.04. The van der Waals surface area contributed by atoms with Gasteiger partial charge in [0, 0.05) is 7.11 Å². The third-order valence-corrected chi connectivity index (χ3v) is 0.846. The molecule has 0 saturated carbocycles. The van der Waals surface area contributed by atoms with Crippen LogP contribution in [0.15, 0.2) is 0 Å². The zero-order valence-corrected chi connectivity index (χ0v) is 4.62. The molecule has 0 aliphatic rings. The molecule has 0 aromatic rings. The topological polar surface area (TPSA) is 9.23 Å². The van der Waals surface area contributed by atoms with Crippen LogP contribution in [0.5, 0.6) is 0 Å². The van der Waals surface area contributed by atoms with Crippen molar-refractivity contribution in [3.05, 3.63) is 6.10 Å². The van der Waals surface area contributed by atoms with Gasteiger partial charge in [-0.15, -0.1) is 0 Å². The van der Waals surface area contributed by atoms with Gasteiger partial charge in [0.25, 0.3) is 0 Å². The van der Waals surface area contributed by atoms with Crippen LogP contribution in [-0.4, -0.2) is 7.11 Å². The minimum absolute atomic E-state index is 1.02. The summed E-state index contributed by atoms with van der Waals surface area (Å²) in [5.41, 5.74) is 0. The highest BCUT2D eigenvalue weighted by Gasteiger charge is 1.90. The fourth-order valence-electron chi connectivity index (χ4n) is 0.144. The molecule has 0 atom stereocenters. The first kappa shape index (κ1) is 5.96. The Labute approximate surface area is 39.3 Å². The number of hydrogen-bond donors (Lipinski definition) is 0. The van der Waals surface area contributed by atoms with Gasteiger partial charge in [-0.05, 0) is 13.3 Å². The molecule has 0 rings (SSSR count). The zero-order chi connectivity index (χ0) is 4.99. The van der Waals surface area contributed by atoms with E-state index in [0.29, 0.717) is 0 Å². The maximum atomic E-state index is 4.82. The van der Waals surface area contributed by atoms with E-state index in [1.54, 1.807) is 7.11 Å². The molecule has 0 heterocycles. The third-order valence-electron chi connectivity index (χ3n) is 0.846. The van der Waals surface area contributed by atoms with Crippen LogP contribution in [0.4, 0.5) is 0 Å². The normalized spacial score (nSPS) is 10.0. The smallest absolute Gasteiger partial charge is 0.0933 e. The Morgan fingerprint density at radius 3 is 2.17 bits per heavy atom. The molecule has 0 aliphatic carbocycles. The first-order chi connectivity index (χ1) is 2.81. The summed E-state index contributed by atoms with van der Waals surface area (Å²) in [4.78, 5) is 0. The Hall–Kier alpha value is -0.0400. The number of methoxy groups -OCH3 is 1. The molecule has 0 spiro atoms. The van der Waals surface area contributed by atoms with E-state index < -0.39 is 0 Å². The fourth-order valence-corrected chi connectivity index (χ4v) is 0.144. The highest BCUT2D eigenvalue weighted by molar-refractivity contribution is 4.64. The number of hydrogen-bond acceptors (Lipinski definition) is 1. The molecular formula is C5H11O. The maximum absolute atomic E-state index is 4.82.